The molecule has 1 aliphatic rings. The lowest BCUT2D eigenvalue weighted by molar-refractivity contribution is -0.114. The number of nitrogens with zero attached hydrogens (tertiary/aromatic N) is 2. The van der Waals surface area contributed by atoms with Crippen molar-refractivity contribution in [2.24, 2.45) is 0 Å². The van der Waals surface area contributed by atoms with Crippen LogP contribution in [0.25, 0.3) is 6.08 Å². The number of carbonyl (C=O) groups is 2. The third-order valence-electron chi connectivity index (χ3n) is 6.29. The Morgan fingerprint density at radius 2 is 1.76 bits per heavy atom. The van der Waals surface area contributed by atoms with E-state index in [4.69, 9.17) is 0 Å². The molecule has 1 N–H and O–H groups in total. The molecule has 1 aromatic heterocycles. The second kappa shape index (κ2) is 10.8. The Labute approximate surface area is 221 Å². The van der Waals surface area contributed by atoms with E-state index >= 15 is 0 Å². The molecule has 0 bridgehead atoms. The first kappa shape index (κ1) is 24.5. The number of nitrogens with one attached hydrogen (secondary N) is 1. The Morgan fingerprint density at radius 1 is 0.973 bits per heavy atom. The number of aryl methyl sites for hydroxylation is 2. The van der Waals surface area contributed by atoms with E-state index in [2.05, 4.69) is 42.3 Å². The number of hydrogen-bond donors (Lipinski definition) is 1. The first-order valence-corrected chi connectivity index (χ1v) is 12.9. The molecule has 3 aromatic carbocycles. The molecule has 2 amide bonds. The van der Waals surface area contributed by atoms with Gasteiger partial charge in [-0.05, 0) is 73.0 Å². The van der Waals surface area contributed by atoms with Crippen molar-refractivity contribution >= 4 is 35.3 Å². The van der Waals surface area contributed by atoms with Crippen molar-refractivity contribution in [2.75, 3.05) is 4.90 Å². The number of carbonyl (C=O) groups excluding carboxylic acids is 2. The van der Waals surface area contributed by atoms with Crippen LogP contribution in [0, 0.1) is 13.8 Å². The van der Waals surface area contributed by atoms with Gasteiger partial charge in [-0.15, -0.1) is 0 Å². The van der Waals surface area contributed by atoms with Crippen LogP contribution in [-0.2, 0) is 17.9 Å². The molecule has 0 aliphatic carbocycles. The minimum Gasteiger partial charge on any atom is -0.346 e. The predicted molar refractivity (Wildman–Crippen MR) is 149 cm³/mol. The minimum absolute atomic E-state index is 0.0261. The molecule has 0 spiro atoms. The summed E-state index contributed by atoms with van der Waals surface area (Å²) in [6.45, 7) is 5.02. The highest BCUT2D eigenvalue weighted by Gasteiger charge is 2.29. The quantitative estimate of drug-likeness (QED) is 0.312. The summed E-state index contributed by atoms with van der Waals surface area (Å²) in [5, 5.41) is 2.89. The van der Waals surface area contributed by atoms with Crippen molar-refractivity contribution in [2.45, 2.75) is 31.8 Å². The fraction of sp³-hybridized carbons (Fsp3) is 0.129. The minimum atomic E-state index is -0.165. The Balaban J connectivity index is 1.36. The van der Waals surface area contributed by atoms with Crippen LogP contribution in [0.2, 0.25) is 0 Å². The molecule has 2 heterocycles. The maximum Gasteiger partial charge on any atom is 0.265 e. The Hall–Kier alpha value is -4.16. The molecule has 184 valence electrons. The van der Waals surface area contributed by atoms with E-state index in [9.17, 15) is 9.59 Å². The number of rotatable bonds is 6. The lowest BCUT2D eigenvalue weighted by atomic mass is 10.0. The van der Waals surface area contributed by atoms with Crippen molar-refractivity contribution in [3.63, 3.8) is 0 Å². The fourth-order valence-corrected chi connectivity index (χ4v) is 5.28. The van der Waals surface area contributed by atoms with Crippen LogP contribution < -0.4 is 10.2 Å². The average molecular weight is 506 g/mol. The van der Waals surface area contributed by atoms with Gasteiger partial charge in [0.15, 0.2) is 0 Å². The molecule has 4 aromatic rings. The van der Waals surface area contributed by atoms with Gasteiger partial charge < -0.3 is 10.2 Å². The Bertz CT molecular complexity index is 1480. The van der Waals surface area contributed by atoms with Crippen molar-refractivity contribution in [1.29, 1.82) is 0 Å². The number of pyridine rings is 1. The molecule has 37 heavy (non-hydrogen) atoms. The zero-order valence-corrected chi connectivity index (χ0v) is 21.6. The maximum absolute atomic E-state index is 13.7. The summed E-state index contributed by atoms with van der Waals surface area (Å²) in [4.78, 5) is 34.0. The van der Waals surface area contributed by atoms with Gasteiger partial charge in [-0.25, -0.2) is 0 Å². The van der Waals surface area contributed by atoms with Gasteiger partial charge in [-0.2, -0.15) is 0 Å². The molecule has 5 nitrogen and oxygen atoms in total. The molecule has 0 saturated heterocycles. The van der Waals surface area contributed by atoms with Crippen LogP contribution >= 0.6 is 11.8 Å². The lowest BCUT2D eigenvalue weighted by Gasteiger charge is -2.31. The summed E-state index contributed by atoms with van der Waals surface area (Å²) in [6, 6.07) is 27.2. The maximum atomic E-state index is 13.7. The number of aromatic nitrogens is 1. The predicted octanol–water partition coefficient (Wildman–Crippen LogP) is 6.31. The number of para-hydroxylation sites is 1. The van der Waals surface area contributed by atoms with Gasteiger partial charge in [0, 0.05) is 16.7 Å². The van der Waals surface area contributed by atoms with Gasteiger partial charge in [-0.1, -0.05) is 65.9 Å². The molecule has 6 heteroatoms. The Kier molecular flexibility index (Phi) is 7.19. The van der Waals surface area contributed by atoms with Crippen molar-refractivity contribution in [3.8, 4) is 0 Å². The molecule has 0 fully saturated rings. The molecular formula is C31H27N3O2S. The first-order chi connectivity index (χ1) is 18.0. The normalized spacial score (nSPS) is 13.9. The summed E-state index contributed by atoms with van der Waals surface area (Å²) in [6.07, 6.45) is 3.60. The van der Waals surface area contributed by atoms with E-state index in [-0.39, 0.29) is 11.8 Å². The van der Waals surface area contributed by atoms with Crippen molar-refractivity contribution < 1.29 is 9.59 Å². The summed E-state index contributed by atoms with van der Waals surface area (Å²) >= 11 is 1.48. The topological polar surface area (TPSA) is 62.3 Å². The monoisotopic (exact) mass is 505 g/mol. The number of fused-ring (bicyclic) bond motifs is 1. The van der Waals surface area contributed by atoms with Crippen LogP contribution in [-0.4, -0.2) is 16.8 Å². The van der Waals surface area contributed by atoms with Gasteiger partial charge >= 0.3 is 0 Å². The largest absolute Gasteiger partial charge is 0.346 e. The van der Waals surface area contributed by atoms with E-state index in [0.29, 0.717) is 23.6 Å². The van der Waals surface area contributed by atoms with Crippen LogP contribution in [0.5, 0.6) is 0 Å². The highest BCUT2D eigenvalue weighted by Crippen LogP contribution is 2.42. The van der Waals surface area contributed by atoms with Crippen molar-refractivity contribution in [3.05, 3.63) is 130 Å². The summed E-state index contributed by atoms with van der Waals surface area (Å²) in [5.74, 6) is -0.191. The highest BCUT2D eigenvalue weighted by atomic mass is 32.2. The van der Waals surface area contributed by atoms with Gasteiger partial charge in [0.1, 0.15) is 0 Å². The molecule has 0 atom stereocenters. The second-order valence-electron chi connectivity index (χ2n) is 9.03. The highest BCUT2D eigenvalue weighted by molar-refractivity contribution is 8.04. The summed E-state index contributed by atoms with van der Waals surface area (Å²) in [7, 11) is 0. The van der Waals surface area contributed by atoms with Crippen LogP contribution in [0.15, 0.2) is 101 Å². The summed E-state index contributed by atoms with van der Waals surface area (Å²) in [5.41, 5.74) is 6.62. The van der Waals surface area contributed by atoms with Gasteiger partial charge in [0.2, 0.25) is 0 Å². The third-order valence-corrected chi connectivity index (χ3v) is 7.37. The second-order valence-corrected chi connectivity index (χ2v) is 10.1. The zero-order chi connectivity index (χ0) is 25.8. The van der Waals surface area contributed by atoms with Crippen LogP contribution in [0.1, 0.15) is 38.3 Å². The fourth-order valence-electron chi connectivity index (χ4n) is 4.22. The van der Waals surface area contributed by atoms with Gasteiger partial charge in [-0.3, -0.25) is 14.6 Å². The van der Waals surface area contributed by atoms with E-state index in [0.717, 1.165) is 33.0 Å². The Morgan fingerprint density at radius 3 is 2.54 bits per heavy atom. The molecule has 0 saturated carbocycles. The third kappa shape index (κ3) is 5.65. The standard InChI is InChI=1S/C31H27N3O2S/c1-21-10-11-22(2)25(17-21)20-34-27-8-3-4-9-28(27)37-29(31(34)36)18-23-12-14-24(15-13-23)30(35)33-19-26-7-5-6-16-32-26/h3-18H,19-20H2,1-2H3,(H,33,35)/b29-18-. The molecule has 0 radical (unpaired) electrons. The van der Waals surface area contributed by atoms with E-state index in [1.807, 2.05) is 65.6 Å². The zero-order valence-electron chi connectivity index (χ0n) is 20.8. The average Bonchev–Trinajstić information content (AvgIpc) is 2.92. The molecular weight excluding hydrogens is 478 g/mol. The first-order valence-electron chi connectivity index (χ1n) is 12.1. The SMILES string of the molecule is Cc1ccc(C)c(CN2C(=O)/C(=C/c3ccc(C(=O)NCc4ccccn4)cc3)Sc3ccccc32)c1. The summed E-state index contributed by atoms with van der Waals surface area (Å²) < 4.78 is 0. The van der Waals surface area contributed by atoms with Crippen molar-refractivity contribution in [1.82, 2.24) is 10.3 Å². The number of anilines is 1. The smallest absolute Gasteiger partial charge is 0.265 e. The van der Waals surface area contributed by atoms with Gasteiger partial charge in [0.25, 0.3) is 11.8 Å². The molecule has 5 rings (SSSR count). The van der Waals surface area contributed by atoms with E-state index in [1.165, 1.54) is 17.3 Å². The molecule has 1 aliphatic heterocycles. The van der Waals surface area contributed by atoms with Crippen LogP contribution in [0.4, 0.5) is 5.69 Å². The lowest BCUT2D eigenvalue weighted by Crippen LogP contribution is -2.34. The number of benzene rings is 3. The van der Waals surface area contributed by atoms with E-state index in [1.54, 1.807) is 18.3 Å². The van der Waals surface area contributed by atoms with Crippen LogP contribution in [0.3, 0.4) is 0 Å². The number of hydrogen-bond acceptors (Lipinski definition) is 4. The molecule has 0 unspecified atom stereocenters. The van der Waals surface area contributed by atoms with Gasteiger partial charge in [0.05, 0.1) is 29.4 Å². The number of amides is 2. The number of thioether (sulfide) groups is 1. The van der Waals surface area contributed by atoms with E-state index < -0.39 is 0 Å².